The molecule has 0 radical (unpaired) electrons. The van der Waals surface area contributed by atoms with Gasteiger partial charge in [0, 0.05) is 30.6 Å². The minimum Gasteiger partial charge on any atom is -0.472 e. The highest BCUT2D eigenvalue weighted by Crippen LogP contribution is 2.48. The second kappa shape index (κ2) is 8.35. The molecule has 1 nitrogen and oxygen atoms in total. The van der Waals surface area contributed by atoms with Crippen LogP contribution in [0.3, 0.4) is 0 Å². The van der Waals surface area contributed by atoms with Crippen molar-refractivity contribution in [1.29, 1.82) is 0 Å². The maximum Gasteiger partial charge on any atom is 0.187 e. The first-order chi connectivity index (χ1) is 17.3. The van der Waals surface area contributed by atoms with Gasteiger partial charge in [0.05, 0.1) is 4.88 Å². The summed E-state index contributed by atoms with van der Waals surface area (Å²) in [6.07, 6.45) is 4.48. The summed E-state index contributed by atoms with van der Waals surface area (Å²) in [5.74, 6) is 0.918. The van der Waals surface area contributed by atoms with Gasteiger partial charge in [-0.25, -0.2) is 0 Å². The van der Waals surface area contributed by atoms with Crippen molar-refractivity contribution in [2.45, 2.75) is 5.60 Å². The van der Waals surface area contributed by atoms with Crippen molar-refractivity contribution in [3.05, 3.63) is 131 Å². The average Bonchev–Trinajstić information content (AvgIpc) is 3.70. The molecule has 0 amide bonds. The Morgan fingerprint density at radius 1 is 0.600 bits per heavy atom. The summed E-state index contributed by atoms with van der Waals surface area (Å²) in [6.45, 7) is 0. The fourth-order valence-corrected chi connectivity index (χ4v) is 7.82. The monoisotopic (exact) mass is 504 g/mol. The van der Waals surface area contributed by atoms with E-state index in [4.69, 9.17) is 4.74 Å². The Morgan fingerprint density at radius 3 is 2.23 bits per heavy atom. The van der Waals surface area contributed by atoms with Crippen LogP contribution in [0.1, 0.15) is 16.0 Å². The fraction of sp³-hybridized carbons (Fsp3) is 0.0323. The van der Waals surface area contributed by atoms with Crippen LogP contribution in [0.2, 0.25) is 0 Å². The number of fused-ring (bicyclic) bond motifs is 3. The molecule has 1 aliphatic heterocycles. The summed E-state index contributed by atoms with van der Waals surface area (Å²) in [6, 6.07) is 36.6. The van der Waals surface area contributed by atoms with Crippen LogP contribution in [0.25, 0.3) is 36.4 Å². The van der Waals surface area contributed by atoms with Gasteiger partial charge in [-0.05, 0) is 64.7 Å². The SMILES string of the molecule is C1=CC(c2ccccc2)(c2ccc(-c3ccc(-c4cccs4)s3)s2)Oc2ccc3ccccc3c21. The second-order valence-electron chi connectivity index (χ2n) is 8.54. The van der Waals surface area contributed by atoms with Crippen molar-refractivity contribution >= 4 is 50.9 Å². The van der Waals surface area contributed by atoms with Crippen molar-refractivity contribution in [2.24, 2.45) is 0 Å². The molecule has 0 saturated heterocycles. The Bertz CT molecular complexity index is 1670. The van der Waals surface area contributed by atoms with Crippen LogP contribution in [0.15, 0.2) is 115 Å². The number of rotatable bonds is 4. The molecular formula is C31H20OS3. The van der Waals surface area contributed by atoms with Crippen LogP contribution in [-0.4, -0.2) is 0 Å². The third-order valence-electron chi connectivity index (χ3n) is 6.47. The van der Waals surface area contributed by atoms with E-state index in [0.717, 1.165) is 16.9 Å². The van der Waals surface area contributed by atoms with E-state index in [-0.39, 0.29) is 0 Å². The van der Waals surface area contributed by atoms with Crippen LogP contribution in [0.5, 0.6) is 5.75 Å². The van der Waals surface area contributed by atoms with Crippen LogP contribution in [0, 0.1) is 0 Å². The highest BCUT2D eigenvalue weighted by molar-refractivity contribution is 7.26. The molecule has 4 heteroatoms. The van der Waals surface area contributed by atoms with Crippen molar-refractivity contribution < 1.29 is 4.74 Å². The lowest BCUT2D eigenvalue weighted by atomic mass is 9.87. The molecule has 7 rings (SSSR count). The van der Waals surface area contributed by atoms with E-state index in [1.165, 1.54) is 35.2 Å². The molecule has 35 heavy (non-hydrogen) atoms. The molecule has 1 unspecified atom stereocenters. The lowest BCUT2D eigenvalue weighted by Crippen LogP contribution is -2.33. The molecule has 0 bridgehead atoms. The summed E-state index contributed by atoms with van der Waals surface area (Å²) < 4.78 is 6.94. The molecule has 168 valence electrons. The maximum absolute atomic E-state index is 6.94. The maximum atomic E-state index is 6.94. The molecular weight excluding hydrogens is 485 g/mol. The molecule has 0 N–H and O–H groups in total. The highest BCUT2D eigenvalue weighted by Gasteiger charge is 2.38. The zero-order chi connectivity index (χ0) is 23.2. The van der Waals surface area contributed by atoms with Crippen molar-refractivity contribution in [3.8, 4) is 25.3 Å². The van der Waals surface area contributed by atoms with Gasteiger partial charge in [0.2, 0.25) is 0 Å². The molecule has 1 aliphatic rings. The molecule has 0 fully saturated rings. The zero-order valence-corrected chi connectivity index (χ0v) is 21.1. The number of benzene rings is 3. The first-order valence-corrected chi connectivity index (χ1v) is 14.0. The predicted octanol–water partition coefficient (Wildman–Crippen LogP) is 9.71. The topological polar surface area (TPSA) is 9.23 Å². The minimum absolute atomic E-state index is 0.659. The highest BCUT2D eigenvalue weighted by atomic mass is 32.1. The van der Waals surface area contributed by atoms with Gasteiger partial charge >= 0.3 is 0 Å². The van der Waals surface area contributed by atoms with Crippen LogP contribution < -0.4 is 4.74 Å². The zero-order valence-electron chi connectivity index (χ0n) is 18.7. The Balaban J connectivity index is 1.34. The van der Waals surface area contributed by atoms with Gasteiger partial charge in [0.15, 0.2) is 5.60 Å². The number of thiophene rings is 3. The number of ether oxygens (including phenoxy) is 1. The van der Waals surface area contributed by atoms with Gasteiger partial charge in [-0.3, -0.25) is 0 Å². The molecule has 0 spiro atoms. The van der Waals surface area contributed by atoms with Crippen LogP contribution in [-0.2, 0) is 5.60 Å². The van der Waals surface area contributed by atoms with Crippen LogP contribution >= 0.6 is 34.0 Å². The lowest BCUT2D eigenvalue weighted by molar-refractivity contribution is 0.165. The van der Waals surface area contributed by atoms with Gasteiger partial charge in [-0.2, -0.15) is 0 Å². The smallest absolute Gasteiger partial charge is 0.187 e. The minimum atomic E-state index is -0.659. The standard InChI is InChI=1S/C31H20OS3/c1-2-8-22(9-3-1)31(19-18-24-23-10-5-4-7-21(23)12-13-25(24)32-31)30-17-16-29(35-30)28-15-14-27(34-28)26-11-6-20-33-26/h1-20H. The van der Waals surface area contributed by atoms with E-state index in [0.29, 0.717) is 0 Å². The third-order valence-corrected chi connectivity index (χ3v) is 10.0. The molecule has 3 aromatic carbocycles. The van der Waals surface area contributed by atoms with Gasteiger partial charge in [-0.15, -0.1) is 34.0 Å². The first-order valence-electron chi connectivity index (χ1n) is 11.5. The summed E-state index contributed by atoms with van der Waals surface area (Å²) in [5, 5.41) is 4.58. The van der Waals surface area contributed by atoms with E-state index in [1.807, 2.05) is 22.7 Å². The van der Waals surface area contributed by atoms with Gasteiger partial charge in [-0.1, -0.05) is 66.7 Å². The Morgan fingerprint density at radius 2 is 1.37 bits per heavy atom. The Kier molecular flexibility index (Phi) is 4.98. The van der Waals surface area contributed by atoms with Gasteiger partial charge < -0.3 is 4.74 Å². The Hall–Kier alpha value is -3.44. The third kappa shape index (κ3) is 3.49. The predicted molar refractivity (Wildman–Crippen MR) is 152 cm³/mol. The van der Waals surface area contributed by atoms with E-state index < -0.39 is 5.60 Å². The normalized spacial score (nSPS) is 16.8. The summed E-state index contributed by atoms with van der Waals surface area (Å²) in [5.41, 5.74) is 1.62. The van der Waals surface area contributed by atoms with Crippen LogP contribution in [0.4, 0.5) is 0 Å². The average molecular weight is 505 g/mol. The van der Waals surface area contributed by atoms with E-state index in [9.17, 15) is 0 Å². The van der Waals surface area contributed by atoms with Crippen molar-refractivity contribution in [3.63, 3.8) is 0 Å². The van der Waals surface area contributed by atoms with Crippen molar-refractivity contribution in [2.75, 3.05) is 0 Å². The summed E-state index contributed by atoms with van der Waals surface area (Å²) in [7, 11) is 0. The summed E-state index contributed by atoms with van der Waals surface area (Å²) in [4.78, 5) is 6.38. The fourth-order valence-electron chi connectivity index (χ4n) is 4.75. The molecule has 4 heterocycles. The second-order valence-corrected chi connectivity index (χ2v) is 11.7. The summed E-state index contributed by atoms with van der Waals surface area (Å²) >= 11 is 5.45. The van der Waals surface area contributed by atoms with Crippen molar-refractivity contribution in [1.82, 2.24) is 0 Å². The number of hydrogen-bond acceptors (Lipinski definition) is 4. The van der Waals surface area contributed by atoms with Gasteiger partial charge in [0.25, 0.3) is 0 Å². The largest absolute Gasteiger partial charge is 0.472 e. The molecule has 6 aromatic rings. The molecule has 0 saturated carbocycles. The van der Waals surface area contributed by atoms with Gasteiger partial charge in [0.1, 0.15) is 5.75 Å². The Labute approximate surface area is 216 Å². The molecule has 3 aromatic heterocycles. The van der Waals surface area contributed by atoms with E-state index in [2.05, 4.69) is 121 Å². The number of hydrogen-bond donors (Lipinski definition) is 0. The molecule has 1 atom stereocenters. The van der Waals surface area contributed by atoms with E-state index >= 15 is 0 Å². The van der Waals surface area contributed by atoms with E-state index in [1.54, 1.807) is 11.3 Å². The first kappa shape index (κ1) is 20.9. The molecule has 0 aliphatic carbocycles. The quantitative estimate of drug-likeness (QED) is 0.232. The lowest BCUT2D eigenvalue weighted by Gasteiger charge is -2.35.